The predicted octanol–water partition coefficient (Wildman–Crippen LogP) is 4.66. The Bertz CT molecular complexity index is 1380. The molecule has 1 aliphatic rings. The van der Waals surface area contributed by atoms with Gasteiger partial charge in [-0.25, -0.2) is 14.1 Å². The second-order valence-electron chi connectivity index (χ2n) is 8.42. The minimum Gasteiger partial charge on any atom is -0.306 e. The number of hydrogen-bond acceptors (Lipinski definition) is 4. The van der Waals surface area contributed by atoms with Crippen molar-refractivity contribution in [2.75, 3.05) is 11.4 Å². The van der Waals surface area contributed by atoms with Crippen LogP contribution >= 0.6 is 0 Å². The van der Waals surface area contributed by atoms with E-state index in [1.54, 1.807) is 12.5 Å². The Labute approximate surface area is 197 Å². The van der Waals surface area contributed by atoms with E-state index in [-0.39, 0.29) is 18.5 Å². The number of nitrogens with zero attached hydrogens (tertiary/aromatic N) is 6. The SMILES string of the molecule is Cc1cn(-c2ccc(-c3cn([C@H]4CCc5cc(F)ccc5N(CC(F)(F)F)C4=O)nn3)cc2)cn1. The summed E-state index contributed by atoms with van der Waals surface area (Å²) < 4.78 is 56.9. The molecule has 0 fully saturated rings. The number of carbonyl (C=O) groups excluding carboxylic acids is 1. The van der Waals surface area contributed by atoms with Crippen LogP contribution in [0.15, 0.2) is 61.2 Å². The second-order valence-corrected chi connectivity index (χ2v) is 8.42. The first kappa shape index (κ1) is 22.8. The van der Waals surface area contributed by atoms with Crippen LogP contribution in [0.4, 0.5) is 23.2 Å². The fourth-order valence-corrected chi connectivity index (χ4v) is 4.25. The summed E-state index contributed by atoms with van der Waals surface area (Å²) in [6.07, 6.45) is 0.881. The molecule has 0 unspecified atom stereocenters. The van der Waals surface area contributed by atoms with E-state index in [1.807, 2.05) is 42.0 Å². The number of aromatic nitrogens is 5. The minimum atomic E-state index is -4.63. The molecule has 0 bridgehead atoms. The average Bonchev–Trinajstić information content (AvgIpc) is 3.44. The van der Waals surface area contributed by atoms with E-state index in [9.17, 15) is 22.4 Å². The molecule has 0 saturated heterocycles. The van der Waals surface area contributed by atoms with Crippen LogP contribution in [0.5, 0.6) is 0 Å². The van der Waals surface area contributed by atoms with Crippen LogP contribution in [0.25, 0.3) is 16.9 Å². The molecular weight excluding hydrogens is 464 g/mol. The molecule has 1 atom stereocenters. The van der Waals surface area contributed by atoms with Crippen molar-refractivity contribution >= 4 is 11.6 Å². The fraction of sp³-hybridized carbons (Fsp3) is 0.250. The van der Waals surface area contributed by atoms with Gasteiger partial charge in [0.1, 0.15) is 24.1 Å². The van der Waals surface area contributed by atoms with Crippen molar-refractivity contribution in [2.24, 2.45) is 0 Å². The molecule has 4 aromatic rings. The summed E-state index contributed by atoms with van der Waals surface area (Å²) in [5, 5.41) is 8.19. The van der Waals surface area contributed by atoms with Crippen molar-refractivity contribution in [3.63, 3.8) is 0 Å². The molecule has 5 rings (SSSR count). The van der Waals surface area contributed by atoms with Crippen molar-refractivity contribution in [3.8, 4) is 16.9 Å². The van der Waals surface area contributed by atoms with Crippen LogP contribution in [0, 0.1) is 12.7 Å². The van der Waals surface area contributed by atoms with Gasteiger partial charge in [-0.05, 0) is 55.7 Å². The molecule has 2 aromatic heterocycles. The average molecular weight is 484 g/mol. The minimum absolute atomic E-state index is 0.0573. The standard InChI is InChI=1S/C24H20F4N6O/c1-15-11-32(14-29-15)19-6-2-16(3-7-19)20-12-34(31-30-20)22-8-4-17-10-18(25)5-9-21(17)33(23(22)35)13-24(26,27)28/h2-3,5-7,9-12,14,22H,4,8,13H2,1H3/t22-/m0/s1. The number of halogens is 4. The highest BCUT2D eigenvalue weighted by Crippen LogP contribution is 2.34. The Kier molecular flexibility index (Phi) is 5.62. The zero-order valence-corrected chi connectivity index (χ0v) is 18.6. The molecule has 7 nitrogen and oxygen atoms in total. The van der Waals surface area contributed by atoms with Crippen LogP contribution in [0.2, 0.25) is 0 Å². The van der Waals surface area contributed by atoms with Crippen molar-refractivity contribution < 1.29 is 22.4 Å². The number of amides is 1. The van der Waals surface area contributed by atoms with Gasteiger partial charge < -0.3 is 9.47 Å². The predicted molar refractivity (Wildman–Crippen MR) is 119 cm³/mol. The Hall–Kier alpha value is -4.02. The third-order valence-corrected chi connectivity index (χ3v) is 5.91. The van der Waals surface area contributed by atoms with Crippen molar-refractivity contribution in [2.45, 2.75) is 32.0 Å². The summed E-state index contributed by atoms with van der Waals surface area (Å²) in [5.41, 5.74) is 3.39. The lowest BCUT2D eigenvalue weighted by Gasteiger charge is -2.26. The largest absolute Gasteiger partial charge is 0.406 e. The van der Waals surface area contributed by atoms with Crippen LogP contribution in [0.3, 0.4) is 0 Å². The van der Waals surface area contributed by atoms with E-state index in [0.717, 1.165) is 23.0 Å². The number of aryl methyl sites for hydroxylation is 2. The molecule has 1 amide bonds. The van der Waals surface area contributed by atoms with Gasteiger partial charge in [0.05, 0.1) is 18.2 Å². The van der Waals surface area contributed by atoms with Crippen molar-refractivity contribution in [1.29, 1.82) is 0 Å². The highest BCUT2D eigenvalue weighted by Gasteiger charge is 2.39. The van der Waals surface area contributed by atoms with Crippen LogP contribution in [-0.4, -0.2) is 43.2 Å². The third kappa shape index (κ3) is 4.66. The molecule has 0 N–H and O–H groups in total. The number of anilines is 1. The highest BCUT2D eigenvalue weighted by atomic mass is 19.4. The zero-order valence-electron chi connectivity index (χ0n) is 18.6. The topological polar surface area (TPSA) is 68.8 Å². The smallest absolute Gasteiger partial charge is 0.306 e. The summed E-state index contributed by atoms with van der Waals surface area (Å²) in [6.45, 7) is 0.417. The molecule has 0 saturated carbocycles. The molecule has 2 aromatic carbocycles. The summed E-state index contributed by atoms with van der Waals surface area (Å²) in [4.78, 5) is 18.1. The van der Waals surface area contributed by atoms with E-state index in [1.165, 1.54) is 16.8 Å². The molecule has 0 radical (unpaired) electrons. The van der Waals surface area contributed by atoms with Gasteiger partial charge >= 0.3 is 6.18 Å². The van der Waals surface area contributed by atoms with Crippen LogP contribution < -0.4 is 4.90 Å². The lowest BCUT2D eigenvalue weighted by molar-refractivity contribution is -0.134. The van der Waals surface area contributed by atoms with Gasteiger partial charge in [-0.3, -0.25) is 4.79 Å². The molecule has 11 heteroatoms. The summed E-state index contributed by atoms with van der Waals surface area (Å²) in [7, 11) is 0. The number of benzene rings is 2. The van der Waals surface area contributed by atoms with Crippen LogP contribution in [-0.2, 0) is 11.2 Å². The van der Waals surface area contributed by atoms with E-state index in [0.29, 0.717) is 16.2 Å². The molecule has 180 valence electrons. The van der Waals surface area contributed by atoms with E-state index in [4.69, 9.17) is 0 Å². The van der Waals surface area contributed by atoms with Gasteiger partial charge in [-0.2, -0.15) is 13.2 Å². The molecule has 0 aliphatic carbocycles. The quantitative estimate of drug-likeness (QED) is 0.395. The van der Waals surface area contributed by atoms with Gasteiger partial charge in [0.25, 0.3) is 5.91 Å². The second kappa shape index (κ2) is 8.64. The Morgan fingerprint density at radius 3 is 2.54 bits per heavy atom. The summed E-state index contributed by atoms with van der Waals surface area (Å²) in [6, 6.07) is 9.85. The third-order valence-electron chi connectivity index (χ3n) is 5.91. The zero-order chi connectivity index (χ0) is 24.7. The van der Waals surface area contributed by atoms with Gasteiger partial charge in [-0.15, -0.1) is 5.10 Å². The molecule has 35 heavy (non-hydrogen) atoms. The van der Waals surface area contributed by atoms with E-state index in [2.05, 4.69) is 15.3 Å². The van der Waals surface area contributed by atoms with Crippen molar-refractivity contribution in [1.82, 2.24) is 24.5 Å². The highest BCUT2D eigenvalue weighted by molar-refractivity contribution is 5.97. The maximum Gasteiger partial charge on any atom is 0.406 e. The maximum absolute atomic E-state index is 13.8. The first-order valence-electron chi connectivity index (χ1n) is 10.9. The summed E-state index contributed by atoms with van der Waals surface area (Å²) in [5.74, 6) is -1.34. The molecule has 0 spiro atoms. The first-order chi connectivity index (χ1) is 16.7. The first-order valence-corrected chi connectivity index (χ1v) is 10.9. The maximum atomic E-state index is 13.8. The van der Waals surface area contributed by atoms with E-state index >= 15 is 0 Å². The number of hydrogen-bond donors (Lipinski definition) is 0. The number of fused-ring (bicyclic) bond motifs is 1. The summed E-state index contributed by atoms with van der Waals surface area (Å²) >= 11 is 0. The normalized spacial score (nSPS) is 16.3. The number of imidazole rings is 1. The number of alkyl halides is 3. The van der Waals surface area contributed by atoms with Crippen LogP contribution in [0.1, 0.15) is 23.7 Å². The monoisotopic (exact) mass is 484 g/mol. The fourth-order valence-electron chi connectivity index (χ4n) is 4.25. The Morgan fingerprint density at radius 1 is 1.09 bits per heavy atom. The Balaban J connectivity index is 1.43. The number of rotatable bonds is 4. The lowest BCUT2D eigenvalue weighted by atomic mass is 10.1. The van der Waals surface area contributed by atoms with Gasteiger partial charge in [0.15, 0.2) is 0 Å². The van der Waals surface area contributed by atoms with Crippen molar-refractivity contribution in [3.05, 3.63) is 78.3 Å². The lowest BCUT2D eigenvalue weighted by Crippen LogP contribution is -2.42. The Morgan fingerprint density at radius 2 is 1.86 bits per heavy atom. The van der Waals surface area contributed by atoms with Gasteiger partial charge in [-0.1, -0.05) is 17.3 Å². The molecular formula is C24H20F4N6O. The molecule has 1 aliphatic heterocycles. The van der Waals surface area contributed by atoms with Gasteiger partial charge in [0, 0.05) is 23.1 Å². The van der Waals surface area contributed by atoms with E-state index < -0.39 is 30.5 Å². The van der Waals surface area contributed by atoms with Gasteiger partial charge in [0.2, 0.25) is 0 Å². The molecule has 3 heterocycles. The number of carbonyl (C=O) groups is 1.